The third-order valence-electron chi connectivity index (χ3n) is 1.93. The van der Waals surface area contributed by atoms with Crippen molar-refractivity contribution in [3.63, 3.8) is 0 Å². The van der Waals surface area contributed by atoms with Crippen LogP contribution in [0.4, 0.5) is 5.69 Å². The summed E-state index contributed by atoms with van der Waals surface area (Å²) in [5.41, 5.74) is -0.171. The number of esters is 1. The number of benzene rings is 1. The average molecular weight is 278 g/mol. The Morgan fingerprint density at radius 3 is 2.65 bits per heavy atom. The quantitative estimate of drug-likeness (QED) is 0.482. The number of rotatable bonds is 4. The monoisotopic (exact) mass is 277 g/mol. The van der Waals surface area contributed by atoms with Gasteiger partial charge in [0.15, 0.2) is 0 Å². The van der Waals surface area contributed by atoms with Crippen LogP contribution in [0.15, 0.2) is 12.1 Å². The molecule has 1 rings (SSSR count). The highest BCUT2D eigenvalue weighted by atomic mass is 35.5. The molecule has 0 amide bonds. The van der Waals surface area contributed by atoms with Crippen LogP contribution in [0.3, 0.4) is 0 Å². The number of hydrogen-bond donors (Lipinski definition) is 0. The Balaban J connectivity index is 3.12. The zero-order chi connectivity index (χ0) is 13.0. The van der Waals surface area contributed by atoms with Crippen molar-refractivity contribution in [2.45, 2.75) is 13.3 Å². The van der Waals surface area contributed by atoms with Crippen LogP contribution in [0.5, 0.6) is 0 Å². The number of nitro benzene ring substituents is 1. The lowest BCUT2D eigenvalue weighted by Crippen LogP contribution is -2.09. The minimum Gasteiger partial charge on any atom is -0.466 e. The summed E-state index contributed by atoms with van der Waals surface area (Å²) >= 11 is 11.4. The van der Waals surface area contributed by atoms with Gasteiger partial charge in [-0.1, -0.05) is 23.2 Å². The third kappa shape index (κ3) is 3.57. The predicted molar refractivity (Wildman–Crippen MR) is 63.5 cm³/mol. The van der Waals surface area contributed by atoms with Gasteiger partial charge in [-0.05, 0) is 19.1 Å². The Hall–Kier alpha value is -1.33. The first-order valence-electron chi connectivity index (χ1n) is 4.73. The molecule has 0 fully saturated rings. The summed E-state index contributed by atoms with van der Waals surface area (Å²) < 4.78 is 4.71. The summed E-state index contributed by atoms with van der Waals surface area (Å²) in [6, 6.07) is 2.60. The van der Waals surface area contributed by atoms with Gasteiger partial charge in [-0.3, -0.25) is 14.9 Å². The molecule has 0 aliphatic rings. The third-order valence-corrected chi connectivity index (χ3v) is 2.44. The molecule has 1 aromatic rings. The van der Waals surface area contributed by atoms with E-state index >= 15 is 0 Å². The summed E-state index contributed by atoms with van der Waals surface area (Å²) in [5, 5.41) is 11.0. The number of carbonyl (C=O) groups is 1. The minimum absolute atomic E-state index is 0.0956. The number of ether oxygens (including phenoxy) is 1. The molecule has 92 valence electrons. The maximum Gasteiger partial charge on any atom is 0.310 e. The van der Waals surface area contributed by atoms with Crippen molar-refractivity contribution in [1.82, 2.24) is 0 Å². The van der Waals surface area contributed by atoms with E-state index < -0.39 is 10.9 Å². The first kappa shape index (κ1) is 13.7. The Bertz CT molecular complexity index is 462. The second-order valence-electron chi connectivity index (χ2n) is 3.13. The van der Waals surface area contributed by atoms with Gasteiger partial charge < -0.3 is 4.74 Å². The van der Waals surface area contributed by atoms with Crippen LogP contribution in [0.2, 0.25) is 10.0 Å². The Labute approximate surface area is 107 Å². The van der Waals surface area contributed by atoms with E-state index in [2.05, 4.69) is 0 Å². The van der Waals surface area contributed by atoms with Crippen molar-refractivity contribution in [3.8, 4) is 0 Å². The summed E-state index contributed by atoms with van der Waals surface area (Å²) in [5.74, 6) is -0.561. The van der Waals surface area contributed by atoms with Crippen LogP contribution < -0.4 is 0 Å². The van der Waals surface area contributed by atoms with E-state index in [-0.39, 0.29) is 34.3 Å². The predicted octanol–water partition coefficient (Wildman–Crippen LogP) is 3.01. The van der Waals surface area contributed by atoms with Gasteiger partial charge in [0, 0.05) is 10.6 Å². The molecular weight excluding hydrogens is 269 g/mol. The van der Waals surface area contributed by atoms with E-state index in [1.807, 2.05) is 0 Å². The molecule has 0 atom stereocenters. The van der Waals surface area contributed by atoms with Crippen molar-refractivity contribution in [1.29, 1.82) is 0 Å². The van der Waals surface area contributed by atoms with Gasteiger partial charge in [-0.25, -0.2) is 0 Å². The molecule has 17 heavy (non-hydrogen) atoms. The average Bonchev–Trinajstić information content (AvgIpc) is 2.15. The van der Waals surface area contributed by atoms with Gasteiger partial charge in [0.1, 0.15) is 5.02 Å². The maximum absolute atomic E-state index is 11.3. The summed E-state index contributed by atoms with van der Waals surface area (Å²) in [7, 11) is 0. The molecule has 0 saturated heterocycles. The van der Waals surface area contributed by atoms with Crippen molar-refractivity contribution in [2.24, 2.45) is 0 Å². The molecular formula is C10H9Cl2NO4. The summed E-state index contributed by atoms with van der Waals surface area (Å²) in [4.78, 5) is 21.5. The van der Waals surface area contributed by atoms with Crippen LogP contribution in [-0.4, -0.2) is 17.5 Å². The molecule has 5 nitrogen and oxygen atoms in total. The van der Waals surface area contributed by atoms with Crippen molar-refractivity contribution >= 4 is 34.9 Å². The van der Waals surface area contributed by atoms with Gasteiger partial charge in [0.05, 0.1) is 18.0 Å². The normalized spacial score (nSPS) is 10.1. The van der Waals surface area contributed by atoms with Gasteiger partial charge in [-0.15, -0.1) is 0 Å². The molecule has 0 N–H and O–H groups in total. The second-order valence-corrected chi connectivity index (χ2v) is 3.98. The Kier molecular flexibility index (Phi) is 4.72. The lowest BCUT2D eigenvalue weighted by Gasteiger charge is -2.05. The molecule has 0 unspecified atom stereocenters. The van der Waals surface area contributed by atoms with Crippen molar-refractivity contribution in [2.75, 3.05) is 6.61 Å². The first-order chi connectivity index (χ1) is 7.95. The van der Waals surface area contributed by atoms with E-state index in [0.717, 1.165) is 0 Å². The van der Waals surface area contributed by atoms with E-state index in [1.54, 1.807) is 6.92 Å². The topological polar surface area (TPSA) is 69.4 Å². The largest absolute Gasteiger partial charge is 0.466 e. The molecule has 0 saturated carbocycles. The lowest BCUT2D eigenvalue weighted by atomic mass is 10.1. The van der Waals surface area contributed by atoms with Crippen LogP contribution in [0, 0.1) is 10.1 Å². The molecule has 1 aromatic carbocycles. The fraction of sp³-hybridized carbons (Fsp3) is 0.300. The molecule has 0 spiro atoms. The van der Waals surface area contributed by atoms with Gasteiger partial charge in [0.25, 0.3) is 5.69 Å². The molecule has 0 aliphatic carbocycles. The van der Waals surface area contributed by atoms with E-state index in [1.165, 1.54) is 12.1 Å². The molecule has 0 radical (unpaired) electrons. The number of nitrogens with zero attached hydrogens (tertiary/aromatic N) is 1. The van der Waals surface area contributed by atoms with Gasteiger partial charge in [-0.2, -0.15) is 0 Å². The Morgan fingerprint density at radius 2 is 2.12 bits per heavy atom. The van der Waals surface area contributed by atoms with Crippen molar-refractivity contribution < 1.29 is 14.5 Å². The maximum atomic E-state index is 11.3. The van der Waals surface area contributed by atoms with Crippen LogP contribution in [0.1, 0.15) is 12.5 Å². The highest BCUT2D eigenvalue weighted by molar-refractivity contribution is 6.36. The fourth-order valence-corrected chi connectivity index (χ4v) is 1.93. The molecule has 0 bridgehead atoms. The smallest absolute Gasteiger partial charge is 0.310 e. The number of carbonyl (C=O) groups excluding carboxylic acids is 1. The van der Waals surface area contributed by atoms with E-state index in [4.69, 9.17) is 27.9 Å². The summed E-state index contributed by atoms with van der Waals surface area (Å²) in [6.07, 6.45) is -0.232. The second kappa shape index (κ2) is 5.84. The zero-order valence-electron chi connectivity index (χ0n) is 8.91. The van der Waals surface area contributed by atoms with E-state index in [0.29, 0.717) is 0 Å². The van der Waals surface area contributed by atoms with Crippen LogP contribution in [-0.2, 0) is 16.0 Å². The molecule has 0 heterocycles. The fourth-order valence-electron chi connectivity index (χ4n) is 1.33. The highest BCUT2D eigenvalue weighted by Crippen LogP contribution is 2.32. The van der Waals surface area contributed by atoms with Crippen LogP contribution >= 0.6 is 23.2 Å². The molecule has 0 aliphatic heterocycles. The molecule has 0 aromatic heterocycles. The first-order valence-corrected chi connectivity index (χ1v) is 5.49. The minimum atomic E-state index is -0.646. The zero-order valence-corrected chi connectivity index (χ0v) is 10.4. The lowest BCUT2D eigenvalue weighted by molar-refractivity contribution is -0.385. The number of hydrogen-bond acceptors (Lipinski definition) is 4. The number of nitro groups is 1. The van der Waals surface area contributed by atoms with Gasteiger partial charge >= 0.3 is 5.97 Å². The summed E-state index contributed by atoms with van der Waals surface area (Å²) in [6.45, 7) is 1.86. The van der Waals surface area contributed by atoms with Crippen LogP contribution in [0.25, 0.3) is 0 Å². The SMILES string of the molecule is CCOC(=O)Cc1cc(Cl)cc(Cl)c1[N+](=O)[O-]. The standard InChI is InChI=1S/C10H9Cl2NO4/c1-2-17-9(14)4-6-3-7(11)5-8(12)10(6)13(15)16/h3,5H,2,4H2,1H3. The number of halogens is 2. The van der Waals surface area contributed by atoms with Crippen molar-refractivity contribution in [3.05, 3.63) is 37.9 Å². The van der Waals surface area contributed by atoms with Gasteiger partial charge in [0.2, 0.25) is 0 Å². The molecule has 7 heteroatoms. The Morgan fingerprint density at radius 1 is 1.47 bits per heavy atom. The van der Waals surface area contributed by atoms with E-state index in [9.17, 15) is 14.9 Å². The highest BCUT2D eigenvalue weighted by Gasteiger charge is 2.22.